The lowest BCUT2D eigenvalue weighted by Gasteiger charge is -2.10. The quantitative estimate of drug-likeness (QED) is 0.703. The lowest BCUT2D eigenvalue weighted by atomic mass is 10.1. The van der Waals surface area contributed by atoms with Crippen LogP contribution in [0, 0.1) is 0 Å². The minimum atomic E-state index is -0.196. The Bertz CT molecular complexity index is 922. The van der Waals surface area contributed by atoms with Crippen LogP contribution in [0.3, 0.4) is 0 Å². The van der Waals surface area contributed by atoms with E-state index < -0.39 is 0 Å². The minimum absolute atomic E-state index is 0.192. The molecule has 0 spiro atoms. The number of carbonyl (C=O) groups excluding carboxylic acids is 2. The summed E-state index contributed by atoms with van der Waals surface area (Å²) in [6.45, 7) is 2.45. The standard InChI is InChI=1S/C22H21N3O2/c1-2-17-7-3-4-8-20(17)25-22(27)19-11-9-18(10-12-19)21(26)24-15-16-6-5-13-23-14-16/h3-14H,2,15H2,1H3,(H,24,26)(H,25,27). The third-order valence-corrected chi connectivity index (χ3v) is 4.23. The van der Waals surface area contributed by atoms with Crippen LogP contribution in [0.4, 0.5) is 5.69 Å². The molecule has 0 unspecified atom stereocenters. The van der Waals surface area contributed by atoms with Crippen molar-refractivity contribution in [2.24, 2.45) is 0 Å². The Hall–Kier alpha value is -3.47. The number of hydrogen-bond donors (Lipinski definition) is 2. The maximum atomic E-state index is 12.5. The summed E-state index contributed by atoms with van der Waals surface area (Å²) in [5, 5.41) is 5.77. The van der Waals surface area contributed by atoms with Crippen molar-refractivity contribution in [3.63, 3.8) is 0 Å². The van der Waals surface area contributed by atoms with E-state index >= 15 is 0 Å². The van der Waals surface area contributed by atoms with Crippen molar-refractivity contribution in [2.45, 2.75) is 19.9 Å². The second kappa shape index (κ2) is 8.76. The molecular formula is C22H21N3O2. The average Bonchev–Trinajstić information content (AvgIpc) is 2.73. The molecule has 1 aromatic heterocycles. The van der Waals surface area contributed by atoms with E-state index in [1.165, 1.54) is 0 Å². The first-order valence-corrected chi connectivity index (χ1v) is 8.84. The number of aryl methyl sites for hydroxylation is 1. The summed E-state index contributed by atoms with van der Waals surface area (Å²) < 4.78 is 0. The van der Waals surface area contributed by atoms with Gasteiger partial charge in [0.2, 0.25) is 0 Å². The smallest absolute Gasteiger partial charge is 0.255 e. The minimum Gasteiger partial charge on any atom is -0.348 e. The van der Waals surface area contributed by atoms with Crippen molar-refractivity contribution >= 4 is 17.5 Å². The van der Waals surface area contributed by atoms with Gasteiger partial charge in [-0.05, 0) is 53.9 Å². The summed E-state index contributed by atoms with van der Waals surface area (Å²) in [7, 11) is 0. The molecule has 0 aliphatic rings. The second-order valence-corrected chi connectivity index (χ2v) is 6.09. The molecule has 3 aromatic rings. The van der Waals surface area contributed by atoms with E-state index in [2.05, 4.69) is 15.6 Å². The third kappa shape index (κ3) is 4.79. The van der Waals surface area contributed by atoms with Crippen molar-refractivity contribution in [3.05, 3.63) is 95.3 Å². The van der Waals surface area contributed by atoms with Gasteiger partial charge in [-0.25, -0.2) is 0 Å². The number of benzene rings is 2. The Kier molecular flexibility index (Phi) is 5.94. The molecule has 0 bridgehead atoms. The Morgan fingerprint density at radius 2 is 1.59 bits per heavy atom. The van der Waals surface area contributed by atoms with Gasteiger partial charge in [-0.1, -0.05) is 31.2 Å². The molecule has 136 valence electrons. The SMILES string of the molecule is CCc1ccccc1NC(=O)c1ccc(C(=O)NCc2cccnc2)cc1. The van der Waals surface area contributed by atoms with E-state index in [9.17, 15) is 9.59 Å². The van der Waals surface area contributed by atoms with Crippen LogP contribution >= 0.6 is 0 Å². The Balaban J connectivity index is 1.62. The van der Waals surface area contributed by atoms with Gasteiger partial charge in [-0.2, -0.15) is 0 Å². The molecule has 0 fully saturated rings. The molecule has 5 nitrogen and oxygen atoms in total. The fourth-order valence-electron chi connectivity index (χ4n) is 2.71. The number of hydrogen-bond acceptors (Lipinski definition) is 3. The molecule has 0 atom stereocenters. The largest absolute Gasteiger partial charge is 0.348 e. The van der Waals surface area contributed by atoms with Crippen molar-refractivity contribution in [1.29, 1.82) is 0 Å². The molecule has 2 aromatic carbocycles. The molecule has 0 radical (unpaired) electrons. The number of anilines is 1. The highest BCUT2D eigenvalue weighted by Crippen LogP contribution is 2.17. The highest BCUT2D eigenvalue weighted by molar-refractivity contribution is 6.05. The first kappa shape index (κ1) is 18.3. The summed E-state index contributed by atoms with van der Waals surface area (Å²) in [5.41, 5.74) is 3.83. The summed E-state index contributed by atoms with van der Waals surface area (Å²) >= 11 is 0. The van der Waals surface area contributed by atoms with Crippen LogP contribution in [0.5, 0.6) is 0 Å². The summed E-state index contributed by atoms with van der Waals surface area (Å²) in [6.07, 6.45) is 4.24. The van der Waals surface area contributed by atoms with E-state index in [1.807, 2.05) is 43.3 Å². The predicted octanol–water partition coefficient (Wildman–Crippen LogP) is 3.83. The number of para-hydroxylation sites is 1. The van der Waals surface area contributed by atoms with Crippen LogP contribution in [0.1, 0.15) is 38.8 Å². The Morgan fingerprint density at radius 3 is 2.26 bits per heavy atom. The van der Waals surface area contributed by atoms with Gasteiger partial charge in [-0.15, -0.1) is 0 Å². The molecule has 0 saturated carbocycles. The van der Waals surface area contributed by atoms with E-state index in [0.29, 0.717) is 17.7 Å². The monoisotopic (exact) mass is 359 g/mol. The van der Waals surface area contributed by atoms with Crippen molar-refractivity contribution in [2.75, 3.05) is 5.32 Å². The summed E-state index contributed by atoms with van der Waals surface area (Å²) in [6, 6.07) is 18.1. The summed E-state index contributed by atoms with van der Waals surface area (Å²) in [5.74, 6) is -0.389. The number of nitrogens with zero attached hydrogens (tertiary/aromatic N) is 1. The molecule has 0 aliphatic carbocycles. The van der Waals surface area contributed by atoms with Crippen LogP contribution in [0.2, 0.25) is 0 Å². The second-order valence-electron chi connectivity index (χ2n) is 6.09. The first-order chi connectivity index (χ1) is 13.2. The third-order valence-electron chi connectivity index (χ3n) is 4.23. The van der Waals surface area contributed by atoms with Crippen molar-refractivity contribution in [3.8, 4) is 0 Å². The zero-order valence-corrected chi connectivity index (χ0v) is 15.1. The molecule has 2 amide bonds. The van der Waals surface area contributed by atoms with Gasteiger partial charge >= 0.3 is 0 Å². The number of aromatic nitrogens is 1. The van der Waals surface area contributed by atoms with Gasteiger partial charge in [0, 0.05) is 35.8 Å². The number of amides is 2. The van der Waals surface area contributed by atoms with E-state index in [-0.39, 0.29) is 11.8 Å². The van der Waals surface area contributed by atoms with Gasteiger partial charge in [0.1, 0.15) is 0 Å². The number of carbonyl (C=O) groups is 2. The van der Waals surface area contributed by atoms with Crippen LogP contribution < -0.4 is 10.6 Å². The molecular weight excluding hydrogens is 338 g/mol. The fraction of sp³-hybridized carbons (Fsp3) is 0.136. The highest BCUT2D eigenvalue weighted by atomic mass is 16.2. The molecule has 27 heavy (non-hydrogen) atoms. The normalized spacial score (nSPS) is 10.3. The van der Waals surface area contributed by atoms with E-state index in [0.717, 1.165) is 23.2 Å². The Morgan fingerprint density at radius 1 is 0.889 bits per heavy atom. The lowest BCUT2D eigenvalue weighted by Crippen LogP contribution is -2.23. The molecule has 3 rings (SSSR count). The molecule has 5 heteroatoms. The van der Waals surface area contributed by atoms with Crippen molar-refractivity contribution < 1.29 is 9.59 Å². The van der Waals surface area contributed by atoms with Gasteiger partial charge in [0.05, 0.1) is 0 Å². The Labute approximate surface area is 158 Å². The van der Waals surface area contributed by atoms with Crippen LogP contribution in [-0.4, -0.2) is 16.8 Å². The maximum Gasteiger partial charge on any atom is 0.255 e. The predicted molar refractivity (Wildman–Crippen MR) is 106 cm³/mol. The van der Waals surface area contributed by atoms with Gasteiger partial charge in [0.15, 0.2) is 0 Å². The zero-order chi connectivity index (χ0) is 19.1. The highest BCUT2D eigenvalue weighted by Gasteiger charge is 2.10. The van der Waals surface area contributed by atoms with Gasteiger partial charge < -0.3 is 10.6 Å². The topological polar surface area (TPSA) is 71.1 Å². The molecule has 0 saturated heterocycles. The fourth-order valence-corrected chi connectivity index (χ4v) is 2.71. The first-order valence-electron chi connectivity index (χ1n) is 8.84. The molecule has 2 N–H and O–H groups in total. The summed E-state index contributed by atoms with van der Waals surface area (Å²) in [4.78, 5) is 28.7. The van der Waals surface area contributed by atoms with Crippen molar-refractivity contribution in [1.82, 2.24) is 10.3 Å². The molecule has 1 heterocycles. The lowest BCUT2D eigenvalue weighted by molar-refractivity contribution is 0.0949. The van der Waals surface area contributed by atoms with E-state index in [4.69, 9.17) is 0 Å². The maximum absolute atomic E-state index is 12.5. The number of pyridine rings is 1. The molecule has 0 aliphatic heterocycles. The van der Waals surface area contributed by atoms with Crippen LogP contribution in [0.25, 0.3) is 0 Å². The van der Waals surface area contributed by atoms with Crippen LogP contribution in [0.15, 0.2) is 73.1 Å². The average molecular weight is 359 g/mol. The number of rotatable bonds is 6. The van der Waals surface area contributed by atoms with E-state index in [1.54, 1.807) is 36.7 Å². The zero-order valence-electron chi connectivity index (χ0n) is 15.1. The van der Waals surface area contributed by atoms with Gasteiger partial charge in [0.25, 0.3) is 11.8 Å². The number of nitrogens with one attached hydrogen (secondary N) is 2. The van der Waals surface area contributed by atoms with Crippen LogP contribution in [-0.2, 0) is 13.0 Å². The van der Waals surface area contributed by atoms with Gasteiger partial charge in [-0.3, -0.25) is 14.6 Å².